The molecule has 2 aromatic heterocycles. The smallest absolute Gasteiger partial charge is 0.290 e. The number of halogens is 1. The first-order valence-electron chi connectivity index (χ1n) is 7.15. The van der Waals surface area contributed by atoms with Gasteiger partial charge in [-0.2, -0.15) is 0 Å². The van der Waals surface area contributed by atoms with Crippen LogP contribution in [0, 0.1) is 0 Å². The third-order valence-electron chi connectivity index (χ3n) is 3.49. The molecule has 0 radical (unpaired) electrons. The molecule has 3 aromatic rings. The number of hydrogen-bond donors (Lipinski definition) is 0. The molecule has 0 aliphatic carbocycles. The number of carbonyl (C=O) groups excluding carboxylic acids is 1. The summed E-state index contributed by atoms with van der Waals surface area (Å²) < 4.78 is 6.30. The van der Waals surface area contributed by atoms with Gasteiger partial charge in [-0.3, -0.25) is 9.59 Å². The van der Waals surface area contributed by atoms with Gasteiger partial charge >= 0.3 is 0 Å². The molecule has 0 unspecified atom stereocenters. The number of benzene rings is 1. The topological polar surface area (TPSA) is 50.5 Å². The second-order valence-electron chi connectivity index (χ2n) is 5.00. The standard InChI is InChI=1S/C17H14ClNO3S/c1-2-19(10-11-7-8-16(18)23-11)17(21)15-9-13(20)12-5-3-4-6-14(12)22-15/h3-9H,2,10H2,1H3. The van der Waals surface area contributed by atoms with Crippen LogP contribution in [0.15, 0.2) is 51.7 Å². The lowest BCUT2D eigenvalue weighted by Crippen LogP contribution is -2.30. The van der Waals surface area contributed by atoms with E-state index in [2.05, 4.69) is 0 Å². The summed E-state index contributed by atoms with van der Waals surface area (Å²) in [6.07, 6.45) is 0. The maximum atomic E-state index is 12.6. The van der Waals surface area contributed by atoms with Gasteiger partial charge in [0.15, 0.2) is 11.2 Å². The average Bonchev–Trinajstić information content (AvgIpc) is 2.97. The molecule has 118 valence electrons. The number of nitrogens with zero attached hydrogens (tertiary/aromatic N) is 1. The highest BCUT2D eigenvalue weighted by atomic mass is 35.5. The molecule has 23 heavy (non-hydrogen) atoms. The third-order valence-corrected chi connectivity index (χ3v) is 4.71. The van der Waals surface area contributed by atoms with Gasteiger partial charge in [-0.15, -0.1) is 11.3 Å². The van der Waals surface area contributed by atoms with Crippen molar-refractivity contribution in [2.24, 2.45) is 0 Å². The highest BCUT2D eigenvalue weighted by Gasteiger charge is 2.19. The lowest BCUT2D eigenvalue weighted by molar-refractivity contribution is 0.0722. The SMILES string of the molecule is CCN(Cc1ccc(Cl)s1)C(=O)c1cc(=O)c2ccccc2o1. The minimum atomic E-state index is -0.306. The summed E-state index contributed by atoms with van der Waals surface area (Å²) in [5.41, 5.74) is 0.198. The molecule has 6 heteroatoms. The van der Waals surface area contributed by atoms with Gasteiger partial charge in [-0.1, -0.05) is 23.7 Å². The second-order valence-corrected chi connectivity index (χ2v) is 6.80. The third kappa shape index (κ3) is 3.30. The summed E-state index contributed by atoms with van der Waals surface area (Å²) in [6.45, 7) is 2.82. The summed E-state index contributed by atoms with van der Waals surface area (Å²) in [6, 6.07) is 11.8. The first-order chi connectivity index (χ1) is 11.1. The number of thiophene rings is 1. The van der Waals surface area contributed by atoms with Crippen LogP contribution in [0.1, 0.15) is 22.4 Å². The Labute approximate surface area is 141 Å². The lowest BCUT2D eigenvalue weighted by Gasteiger charge is -2.19. The van der Waals surface area contributed by atoms with Crippen LogP contribution in [0.4, 0.5) is 0 Å². The molecule has 1 aromatic carbocycles. The fraction of sp³-hybridized carbons (Fsp3) is 0.176. The van der Waals surface area contributed by atoms with Gasteiger partial charge in [-0.25, -0.2) is 0 Å². The van der Waals surface area contributed by atoms with Crippen LogP contribution in [0.5, 0.6) is 0 Å². The van der Waals surface area contributed by atoms with Crippen molar-refractivity contribution in [1.29, 1.82) is 0 Å². The molecule has 0 atom stereocenters. The van der Waals surface area contributed by atoms with E-state index in [9.17, 15) is 9.59 Å². The van der Waals surface area contributed by atoms with Crippen LogP contribution in [0.25, 0.3) is 11.0 Å². The number of carbonyl (C=O) groups is 1. The van der Waals surface area contributed by atoms with E-state index in [0.717, 1.165) is 4.88 Å². The van der Waals surface area contributed by atoms with E-state index >= 15 is 0 Å². The second kappa shape index (κ2) is 6.56. The summed E-state index contributed by atoms with van der Waals surface area (Å²) in [5, 5.41) is 0.470. The van der Waals surface area contributed by atoms with Crippen LogP contribution in [-0.4, -0.2) is 17.4 Å². The first-order valence-corrected chi connectivity index (χ1v) is 8.34. The summed E-state index contributed by atoms with van der Waals surface area (Å²) >= 11 is 7.35. The van der Waals surface area contributed by atoms with Crippen molar-refractivity contribution in [3.63, 3.8) is 0 Å². The van der Waals surface area contributed by atoms with Gasteiger partial charge < -0.3 is 9.32 Å². The molecule has 0 saturated carbocycles. The zero-order valence-electron chi connectivity index (χ0n) is 12.4. The van der Waals surface area contributed by atoms with E-state index in [-0.39, 0.29) is 17.1 Å². The van der Waals surface area contributed by atoms with E-state index in [1.807, 2.05) is 13.0 Å². The van der Waals surface area contributed by atoms with Crippen molar-refractivity contribution in [2.75, 3.05) is 6.54 Å². The Bertz CT molecular complexity index is 915. The number of para-hydroxylation sites is 1. The van der Waals surface area contributed by atoms with Gasteiger partial charge in [0.1, 0.15) is 5.58 Å². The molecule has 0 aliphatic rings. The Balaban J connectivity index is 1.93. The molecule has 0 fully saturated rings. The molecule has 1 amide bonds. The Morgan fingerprint density at radius 2 is 2.04 bits per heavy atom. The number of hydrogen-bond acceptors (Lipinski definition) is 4. The lowest BCUT2D eigenvalue weighted by atomic mass is 10.2. The van der Waals surface area contributed by atoms with Crippen LogP contribution in [-0.2, 0) is 6.54 Å². The zero-order valence-corrected chi connectivity index (χ0v) is 14.0. The minimum absolute atomic E-state index is 0.0539. The largest absolute Gasteiger partial charge is 0.451 e. The van der Waals surface area contributed by atoms with E-state index in [1.165, 1.54) is 17.4 Å². The highest BCUT2D eigenvalue weighted by molar-refractivity contribution is 7.16. The predicted octanol–water partition coefficient (Wildman–Crippen LogP) is 4.17. The molecular formula is C17H14ClNO3S. The molecule has 4 nitrogen and oxygen atoms in total. The maximum absolute atomic E-state index is 12.6. The minimum Gasteiger partial charge on any atom is -0.451 e. The molecule has 3 rings (SSSR count). The van der Waals surface area contributed by atoms with Gasteiger partial charge in [0, 0.05) is 17.5 Å². The highest BCUT2D eigenvalue weighted by Crippen LogP contribution is 2.23. The van der Waals surface area contributed by atoms with Crippen molar-refractivity contribution >= 4 is 39.8 Å². The van der Waals surface area contributed by atoms with E-state index < -0.39 is 0 Å². The number of amides is 1. The first kappa shape index (κ1) is 15.8. The summed E-state index contributed by atoms with van der Waals surface area (Å²) in [7, 11) is 0. The van der Waals surface area contributed by atoms with Crippen molar-refractivity contribution in [3.05, 3.63) is 67.7 Å². The van der Waals surface area contributed by atoms with Crippen LogP contribution in [0.2, 0.25) is 4.34 Å². The Morgan fingerprint density at radius 1 is 1.26 bits per heavy atom. The summed E-state index contributed by atoms with van der Waals surface area (Å²) in [4.78, 5) is 27.4. The predicted molar refractivity (Wildman–Crippen MR) is 92.2 cm³/mol. The average molecular weight is 348 g/mol. The van der Waals surface area contributed by atoms with Crippen LogP contribution < -0.4 is 5.43 Å². The van der Waals surface area contributed by atoms with Gasteiger partial charge in [0.05, 0.1) is 16.3 Å². The molecule has 0 N–H and O–H groups in total. The molecule has 0 bridgehead atoms. The van der Waals surface area contributed by atoms with Crippen molar-refractivity contribution in [3.8, 4) is 0 Å². The van der Waals surface area contributed by atoms with Crippen LogP contribution in [0.3, 0.4) is 0 Å². The summed E-state index contributed by atoms with van der Waals surface area (Å²) in [5.74, 6) is -0.252. The van der Waals surface area contributed by atoms with Crippen molar-refractivity contribution < 1.29 is 9.21 Å². The molecular weight excluding hydrogens is 334 g/mol. The van der Waals surface area contributed by atoms with Crippen molar-refractivity contribution in [2.45, 2.75) is 13.5 Å². The molecule has 2 heterocycles. The van der Waals surface area contributed by atoms with E-state index in [4.69, 9.17) is 16.0 Å². The Morgan fingerprint density at radius 3 is 2.74 bits per heavy atom. The van der Waals surface area contributed by atoms with E-state index in [1.54, 1.807) is 35.2 Å². The zero-order chi connectivity index (χ0) is 16.4. The van der Waals surface area contributed by atoms with Crippen LogP contribution >= 0.6 is 22.9 Å². The number of rotatable bonds is 4. The number of fused-ring (bicyclic) bond motifs is 1. The Hall–Kier alpha value is -2.11. The molecule has 0 saturated heterocycles. The quantitative estimate of drug-likeness (QED) is 0.711. The monoisotopic (exact) mass is 347 g/mol. The van der Waals surface area contributed by atoms with Gasteiger partial charge in [-0.05, 0) is 31.2 Å². The normalized spacial score (nSPS) is 10.9. The maximum Gasteiger partial charge on any atom is 0.290 e. The van der Waals surface area contributed by atoms with Crippen molar-refractivity contribution in [1.82, 2.24) is 4.90 Å². The fourth-order valence-corrected chi connectivity index (χ4v) is 3.42. The van der Waals surface area contributed by atoms with Gasteiger partial charge in [0.25, 0.3) is 5.91 Å². The molecule has 0 spiro atoms. The molecule has 0 aliphatic heterocycles. The Kier molecular flexibility index (Phi) is 4.50. The fourth-order valence-electron chi connectivity index (χ4n) is 2.32. The van der Waals surface area contributed by atoms with E-state index in [0.29, 0.717) is 28.4 Å². The van der Waals surface area contributed by atoms with Gasteiger partial charge in [0.2, 0.25) is 0 Å².